The Labute approximate surface area is 175 Å². The van der Waals surface area contributed by atoms with Crippen LogP contribution in [0.4, 0.5) is 27.9 Å². The standard InChI is InChI=1S/C21H17N5O3S/c27-13-12-25(16-4-2-1-3-5-16)17-8-6-15(7-9-17)23-24-21-22-19-11-10-18(26(28)29)14-20(19)30-21/h1-11,14,27H,12-13H2. The van der Waals surface area contributed by atoms with Gasteiger partial charge in [-0.15, -0.1) is 10.2 Å². The molecular formula is C21H17N5O3S. The maximum Gasteiger partial charge on any atom is 0.270 e. The second kappa shape index (κ2) is 8.76. The van der Waals surface area contributed by atoms with Gasteiger partial charge in [0.25, 0.3) is 5.69 Å². The van der Waals surface area contributed by atoms with Crippen LogP contribution in [-0.4, -0.2) is 28.2 Å². The summed E-state index contributed by atoms with van der Waals surface area (Å²) in [6.07, 6.45) is 0. The quantitative estimate of drug-likeness (QED) is 0.233. The summed E-state index contributed by atoms with van der Waals surface area (Å²) in [7, 11) is 0. The van der Waals surface area contributed by atoms with Crippen LogP contribution in [0.3, 0.4) is 0 Å². The molecule has 4 rings (SSSR count). The van der Waals surface area contributed by atoms with Gasteiger partial charge < -0.3 is 10.0 Å². The number of para-hydroxylation sites is 1. The average Bonchev–Trinajstić information content (AvgIpc) is 3.19. The summed E-state index contributed by atoms with van der Waals surface area (Å²) in [6.45, 7) is 0.509. The van der Waals surface area contributed by atoms with Crippen molar-refractivity contribution in [2.24, 2.45) is 10.2 Å². The maximum absolute atomic E-state index is 10.9. The van der Waals surface area contributed by atoms with Gasteiger partial charge in [0, 0.05) is 30.1 Å². The minimum absolute atomic E-state index is 0.0241. The Bertz CT molecular complexity index is 1190. The van der Waals surface area contributed by atoms with Crippen molar-refractivity contribution in [3.63, 3.8) is 0 Å². The number of non-ortho nitro benzene ring substituents is 1. The van der Waals surface area contributed by atoms with E-state index in [0.717, 1.165) is 11.4 Å². The zero-order valence-corrected chi connectivity index (χ0v) is 16.6. The van der Waals surface area contributed by atoms with Gasteiger partial charge in [0.1, 0.15) is 0 Å². The van der Waals surface area contributed by atoms with Gasteiger partial charge in [0.2, 0.25) is 5.13 Å². The normalized spacial score (nSPS) is 11.2. The molecule has 0 fully saturated rings. The summed E-state index contributed by atoms with van der Waals surface area (Å²) in [6, 6.07) is 21.9. The first-order valence-electron chi connectivity index (χ1n) is 9.14. The van der Waals surface area contributed by atoms with Gasteiger partial charge in [-0.05, 0) is 42.5 Å². The van der Waals surface area contributed by atoms with Gasteiger partial charge in [-0.25, -0.2) is 4.98 Å². The van der Waals surface area contributed by atoms with Gasteiger partial charge in [0.05, 0.1) is 27.4 Å². The number of thiazole rings is 1. The highest BCUT2D eigenvalue weighted by molar-refractivity contribution is 7.21. The van der Waals surface area contributed by atoms with Crippen molar-refractivity contribution < 1.29 is 10.0 Å². The highest BCUT2D eigenvalue weighted by atomic mass is 32.1. The number of nitrogens with zero attached hydrogens (tertiary/aromatic N) is 5. The number of aliphatic hydroxyl groups excluding tert-OH is 1. The monoisotopic (exact) mass is 419 g/mol. The molecule has 0 saturated carbocycles. The van der Waals surface area contributed by atoms with Crippen molar-refractivity contribution in [3.8, 4) is 0 Å². The Hall–Kier alpha value is -3.69. The topological polar surface area (TPSA) is 104 Å². The largest absolute Gasteiger partial charge is 0.395 e. The van der Waals surface area contributed by atoms with E-state index < -0.39 is 4.92 Å². The van der Waals surface area contributed by atoms with Crippen LogP contribution in [0.5, 0.6) is 0 Å². The third-order valence-corrected chi connectivity index (χ3v) is 5.28. The van der Waals surface area contributed by atoms with Crippen LogP contribution >= 0.6 is 11.3 Å². The van der Waals surface area contributed by atoms with Gasteiger partial charge >= 0.3 is 0 Å². The Morgan fingerprint density at radius 2 is 1.73 bits per heavy atom. The summed E-state index contributed by atoms with van der Waals surface area (Å²) in [5.74, 6) is 0. The number of rotatable bonds is 7. The number of aliphatic hydroxyl groups is 1. The van der Waals surface area contributed by atoms with Gasteiger partial charge in [-0.2, -0.15) is 0 Å². The molecule has 150 valence electrons. The second-order valence-electron chi connectivity index (χ2n) is 6.33. The minimum atomic E-state index is -0.433. The van der Waals surface area contributed by atoms with Crippen molar-refractivity contribution >= 4 is 49.4 Å². The van der Waals surface area contributed by atoms with Crippen molar-refractivity contribution in [2.45, 2.75) is 0 Å². The molecule has 1 N–H and O–H groups in total. The summed E-state index contributed by atoms with van der Waals surface area (Å²) < 4.78 is 0.691. The van der Waals surface area contributed by atoms with E-state index in [2.05, 4.69) is 15.2 Å². The highest BCUT2D eigenvalue weighted by Crippen LogP contribution is 2.32. The number of nitro benzene ring substituents is 1. The van der Waals surface area contributed by atoms with Crippen LogP contribution in [0.25, 0.3) is 10.2 Å². The van der Waals surface area contributed by atoms with Gasteiger partial charge in [-0.3, -0.25) is 10.1 Å². The first-order chi connectivity index (χ1) is 14.6. The third kappa shape index (κ3) is 4.32. The lowest BCUT2D eigenvalue weighted by atomic mass is 10.2. The molecule has 3 aromatic carbocycles. The Morgan fingerprint density at radius 3 is 2.43 bits per heavy atom. The maximum atomic E-state index is 10.9. The Kier molecular flexibility index (Phi) is 5.73. The van der Waals surface area contributed by atoms with Crippen molar-refractivity contribution in [1.29, 1.82) is 0 Å². The van der Waals surface area contributed by atoms with Crippen molar-refractivity contribution in [1.82, 2.24) is 4.98 Å². The second-order valence-corrected chi connectivity index (χ2v) is 7.34. The number of aromatic nitrogens is 1. The third-order valence-electron chi connectivity index (χ3n) is 4.38. The Morgan fingerprint density at radius 1 is 1.00 bits per heavy atom. The van der Waals surface area contributed by atoms with E-state index in [4.69, 9.17) is 0 Å². The number of hydrogen-bond donors (Lipinski definition) is 1. The number of azo groups is 1. The summed E-state index contributed by atoms with van der Waals surface area (Å²) in [4.78, 5) is 16.8. The molecule has 8 nitrogen and oxygen atoms in total. The lowest BCUT2D eigenvalue weighted by Gasteiger charge is -2.24. The lowest BCUT2D eigenvalue weighted by molar-refractivity contribution is -0.384. The molecule has 0 unspecified atom stereocenters. The van der Waals surface area contributed by atoms with Crippen LogP contribution in [-0.2, 0) is 0 Å². The molecule has 0 bridgehead atoms. The summed E-state index contributed by atoms with van der Waals surface area (Å²) in [5, 5.41) is 29.1. The fourth-order valence-electron chi connectivity index (χ4n) is 2.97. The average molecular weight is 419 g/mol. The number of hydrogen-bond acceptors (Lipinski definition) is 8. The molecule has 4 aromatic rings. The number of nitro groups is 1. The first kappa shape index (κ1) is 19.6. The van der Waals surface area contributed by atoms with Crippen LogP contribution < -0.4 is 4.90 Å². The molecule has 0 aliphatic carbocycles. The van der Waals surface area contributed by atoms with Gasteiger partial charge in [-0.1, -0.05) is 29.5 Å². The number of fused-ring (bicyclic) bond motifs is 1. The number of benzene rings is 3. The molecule has 0 saturated heterocycles. The summed E-state index contributed by atoms with van der Waals surface area (Å²) in [5.41, 5.74) is 3.25. The van der Waals surface area contributed by atoms with E-state index >= 15 is 0 Å². The zero-order chi connectivity index (χ0) is 20.9. The molecular weight excluding hydrogens is 402 g/mol. The first-order valence-corrected chi connectivity index (χ1v) is 9.96. The fraction of sp³-hybridized carbons (Fsp3) is 0.0952. The fourth-order valence-corrected chi connectivity index (χ4v) is 3.79. The van der Waals surface area contributed by atoms with E-state index in [0.29, 0.717) is 27.6 Å². The minimum Gasteiger partial charge on any atom is -0.395 e. The van der Waals surface area contributed by atoms with E-state index in [1.165, 1.54) is 23.5 Å². The predicted molar refractivity (Wildman–Crippen MR) is 117 cm³/mol. The molecule has 0 atom stereocenters. The molecule has 1 heterocycles. The predicted octanol–water partition coefficient (Wildman–Crippen LogP) is 5.75. The molecule has 0 aliphatic rings. The molecule has 0 radical (unpaired) electrons. The zero-order valence-electron chi connectivity index (χ0n) is 15.8. The van der Waals surface area contributed by atoms with Crippen molar-refractivity contribution in [2.75, 3.05) is 18.1 Å². The highest BCUT2D eigenvalue weighted by Gasteiger charge is 2.11. The molecule has 0 spiro atoms. The van der Waals surface area contributed by atoms with Crippen LogP contribution in [0.1, 0.15) is 0 Å². The molecule has 0 amide bonds. The molecule has 9 heteroatoms. The van der Waals surface area contributed by atoms with Gasteiger partial charge in [0.15, 0.2) is 0 Å². The number of anilines is 2. The van der Waals surface area contributed by atoms with E-state index in [1.807, 2.05) is 59.5 Å². The van der Waals surface area contributed by atoms with E-state index in [-0.39, 0.29) is 12.3 Å². The smallest absolute Gasteiger partial charge is 0.270 e. The Balaban J connectivity index is 1.53. The van der Waals surface area contributed by atoms with Crippen LogP contribution in [0.15, 0.2) is 83.0 Å². The van der Waals surface area contributed by atoms with E-state index in [1.54, 1.807) is 6.07 Å². The van der Waals surface area contributed by atoms with Crippen LogP contribution in [0, 0.1) is 10.1 Å². The van der Waals surface area contributed by atoms with E-state index in [9.17, 15) is 15.2 Å². The van der Waals surface area contributed by atoms with Crippen molar-refractivity contribution in [3.05, 3.63) is 82.9 Å². The molecule has 30 heavy (non-hydrogen) atoms. The van der Waals surface area contributed by atoms with Crippen LogP contribution in [0.2, 0.25) is 0 Å². The lowest BCUT2D eigenvalue weighted by Crippen LogP contribution is -2.20. The molecule has 1 aromatic heterocycles. The SMILES string of the molecule is O=[N+]([O-])c1ccc2nc(N=Nc3ccc(N(CCO)c4ccccc4)cc3)sc2c1. The molecule has 0 aliphatic heterocycles. The summed E-state index contributed by atoms with van der Waals surface area (Å²) >= 11 is 1.25.